The lowest BCUT2D eigenvalue weighted by Crippen LogP contribution is -2.43. The van der Waals surface area contributed by atoms with E-state index in [0.29, 0.717) is 31.2 Å². The van der Waals surface area contributed by atoms with Crippen LogP contribution in [0.15, 0.2) is 41.0 Å². The van der Waals surface area contributed by atoms with E-state index in [2.05, 4.69) is 0 Å². The molecule has 3 rings (SSSR count). The number of hydrogen-bond acceptors (Lipinski definition) is 5. The Labute approximate surface area is 138 Å². The normalized spacial score (nSPS) is 15.8. The van der Waals surface area contributed by atoms with Crippen LogP contribution in [0.4, 0.5) is 0 Å². The molecule has 2 heterocycles. The summed E-state index contributed by atoms with van der Waals surface area (Å²) in [6.45, 7) is 2.91. The second kappa shape index (κ2) is 6.66. The molecule has 0 fully saturated rings. The van der Waals surface area contributed by atoms with Crippen LogP contribution in [0.1, 0.15) is 27.8 Å². The van der Waals surface area contributed by atoms with Crippen LogP contribution in [-0.2, 0) is 0 Å². The summed E-state index contributed by atoms with van der Waals surface area (Å²) in [7, 11) is 0. The van der Waals surface area contributed by atoms with Gasteiger partial charge in [0.1, 0.15) is 12.9 Å². The van der Waals surface area contributed by atoms with Crippen molar-refractivity contribution >= 4 is 11.9 Å². The fraction of sp³-hybridized carbons (Fsp3) is 0.294. The van der Waals surface area contributed by atoms with E-state index in [1.807, 2.05) is 31.2 Å². The van der Waals surface area contributed by atoms with Gasteiger partial charge in [-0.15, -0.1) is 0 Å². The fourth-order valence-corrected chi connectivity index (χ4v) is 2.47. The number of para-hydroxylation sites is 2. The fourth-order valence-electron chi connectivity index (χ4n) is 2.47. The van der Waals surface area contributed by atoms with Gasteiger partial charge in [0.25, 0.3) is 5.91 Å². The van der Waals surface area contributed by atoms with E-state index in [1.165, 1.54) is 11.0 Å². The Morgan fingerprint density at radius 1 is 1.29 bits per heavy atom. The Balaban J connectivity index is 1.68. The molecule has 7 nitrogen and oxygen atoms in total. The molecule has 1 aliphatic rings. The summed E-state index contributed by atoms with van der Waals surface area (Å²) in [5.41, 5.74) is -0.0550. The van der Waals surface area contributed by atoms with Crippen molar-refractivity contribution in [2.45, 2.75) is 13.0 Å². The molecule has 1 unspecified atom stereocenters. The minimum atomic E-state index is -1.14. The molecule has 126 valence electrons. The van der Waals surface area contributed by atoms with Crippen molar-refractivity contribution < 1.29 is 28.6 Å². The molecule has 1 aromatic heterocycles. The van der Waals surface area contributed by atoms with Crippen molar-refractivity contribution in [3.05, 3.63) is 47.9 Å². The maximum Gasteiger partial charge on any atom is 0.338 e. The number of rotatable bonds is 5. The minimum absolute atomic E-state index is 0.00798. The summed E-state index contributed by atoms with van der Waals surface area (Å²) in [6.07, 6.45) is 0.748. The Bertz CT molecular complexity index is 753. The third-order valence-electron chi connectivity index (χ3n) is 3.72. The van der Waals surface area contributed by atoms with Gasteiger partial charge in [-0.1, -0.05) is 12.1 Å². The van der Waals surface area contributed by atoms with Gasteiger partial charge in [-0.2, -0.15) is 0 Å². The number of ether oxygens (including phenoxy) is 2. The molecule has 24 heavy (non-hydrogen) atoms. The molecular formula is C17H17NO6. The molecule has 1 amide bonds. The van der Waals surface area contributed by atoms with E-state index in [4.69, 9.17) is 19.0 Å². The van der Waals surface area contributed by atoms with E-state index in [0.717, 1.165) is 6.26 Å². The first-order valence-electron chi connectivity index (χ1n) is 7.58. The molecule has 7 heteroatoms. The average molecular weight is 331 g/mol. The number of carbonyl (C=O) groups excluding carboxylic acids is 1. The lowest BCUT2D eigenvalue weighted by atomic mass is 10.2. The Kier molecular flexibility index (Phi) is 4.41. The number of fused-ring (bicyclic) bond motifs is 1. The predicted molar refractivity (Wildman–Crippen MR) is 83.6 cm³/mol. The van der Waals surface area contributed by atoms with E-state index >= 15 is 0 Å². The van der Waals surface area contributed by atoms with Crippen molar-refractivity contribution in [1.82, 2.24) is 4.90 Å². The van der Waals surface area contributed by atoms with Crippen LogP contribution < -0.4 is 9.47 Å². The highest BCUT2D eigenvalue weighted by Crippen LogP contribution is 2.31. The average Bonchev–Trinajstić information content (AvgIpc) is 3.09. The molecule has 0 spiro atoms. The van der Waals surface area contributed by atoms with Gasteiger partial charge in [-0.3, -0.25) is 4.79 Å². The second-order valence-corrected chi connectivity index (χ2v) is 5.35. The topological polar surface area (TPSA) is 89.2 Å². The highest BCUT2D eigenvalue weighted by molar-refractivity contribution is 5.95. The van der Waals surface area contributed by atoms with Crippen molar-refractivity contribution in [1.29, 1.82) is 0 Å². The van der Waals surface area contributed by atoms with Gasteiger partial charge in [0.2, 0.25) is 0 Å². The molecule has 0 aliphatic carbocycles. The van der Waals surface area contributed by atoms with E-state index < -0.39 is 5.97 Å². The third kappa shape index (κ3) is 3.19. The summed E-state index contributed by atoms with van der Waals surface area (Å²) >= 11 is 0. The monoisotopic (exact) mass is 331 g/mol. The standard InChI is InChI=1S/C17H17NO6/c1-2-18(16(19)15-7-11(9-22-15)17(20)21)8-12-10-23-13-5-3-4-6-14(13)24-12/h3-7,9,12H,2,8,10H2,1H3,(H,20,21). The van der Waals surface area contributed by atoms with Crippen LogP contribution in [0.2, 0.25) is 0 Å². The predicted octanol–water partition coefficient (Wildman–Crippen LogP) is 2.28. The number of carbonyl (C=O) groups is 2. The summed E-state index contributed by atoms with van der Waals surface area (Å²) in [5, 5.41) is 8.91. The van der Waals surface area contributed by atoms with Crippen LogP contribution in [0, 0.1) is 0 Å². The number of nitrogens with zero attached hydrogens (tertiary/aromatic N) is 1. The number of hydrogen-bond donors (Lipinski definition) is 1. The van der Waals surface area contributed by atoms with Gasteiger partial charge in [-0.05, 0) is 19.1 Å². The third-order valence-corrected chi connectivity index (χ3v) is 3.72. The maximum absolute atomic E-state index is 12.5. The number of benzene rings is 1. The highest BCUT2D eigenvalue weighted by Gasteiger charge is 2.27. The zero-order valence-electron chi connectivity index (χ0n) is 13.1. The van der Waals surface area contributed by atoms with Crippen molar-refractivity contribution in [3.8, 4) is 11.5 Å². The van der Waals surface area contributed by atoms with Crippen LogP contribution in [0.5, 0.6) is 11.5 Å². The largest absolute Gasteiger partial charge is 0.486 e. The number of aromatic carboxylic acids is 1. The van der Waals surface area contributed by atoms with Gasteiger partial charge in [0.05, 0.1) is 12.1 Å². The van der Waals surface area contributed by atoms with Gasteiger partial charge in [-0.25, -0.2) is 4.79 Å². The zero-order valence-corrected chi connectivity index (χ0v) is 13.1. The van der Waals surface area contributed by atoms with Gasteiger partial charge >= 0.3 is 5.97 Å². The molecular weight excluding hydrogens is 314 g/mol. The lowest BCUT2D eigenvalue weighted by Gasteiger charge is -2.30. The van der Waals surface area contributed by atoms with Crippen molar-refractivity contribution in [2.75, 3.05) is 19.7 Å². The first-order chi connectivity index (χ1) is 11.6. The molecule has 0 bridgehead atoms. The molecule has 0 radical (unpaired) electrons. The molecule has 1 aliphatic heterocycles. The molecule has 0 saturated carbocycles. The summed E-state index contributed by atoms with van der Waals surface area (Å²) in [4.78, 5) is 24.9. The first-order valence-corrected chi connectivity index (χ1v) is 7.58. The van der Waals surface area contributed by atoms with Crippen LogP contribution >= 0.6 is 0 Å². The van der Waals surface area contributed by atoms with Gasteiger partial charge in [0, 0.05) is 12.6 Å². The quantitative estimate of drug-likeness (QED) is 0.904. The van der Waals surface area contributed by atoms with Gasteiger partial charge < -0.3 is 23.9 Å². The minimum Gasteiger partial charge on any atom is -0.486 e. The molecule has 2 aromatic rings. The number of amides is 1. The first kappa shape index (κ1) is 15.9. The SMILES string of the molecule is CCN(CC1COc2ccccc2O1)C(=O)c1cc(C(=O)O)co1. The Hall–Kier alpha value is -2.96. The van der Waals surface area contributed by atoms with Crippen LogP contribution in [0.3, 0.4) is 0 Å². The van der Waals surface area contributed by atoms with Crippen LogP contribution in [0.25, 0.3) is 0 Å². The number of likely N-dealkylation sites (N-methyl/N-ethyl adjacent to an activating group) is 1. The van der Waals surface area contributed by atoms with E-state index in [-0.39, 0.29) is 23.3 Å². The van der Waals surface area contributed by atoms with Gasteiger partial charge in [0.15, 0.2) is 23.4 Å². The highest BCUT2D eigenvalue weighted by atomic mass is 16.6. The number of furan rings is 1. The molecule has 0 saturated heterocycles. The maximum atomic E-state index is 12.5. The summed E-state index contributed by atoms with van der Waals surface area (Å²) in [6, 6.07) is 8.57. The Morgan fingerprint density at radius 3 is 2.71 bits per heavy atom. The van der Waals surface area contributed by atoms with Crippen molar-refractivity contribution in [2.24, 2.45) is 0 Å². The van der Waals surface area contributed by atoms with Crippen LogP contribution in [-0.4, -0.2) is 47.7 Å². The lowest BCUT2D eigenvalue weighted by molar-refractivity contribution is 0.0455. The van der Waals surface area contributed by atoms with E-state index in [1.54, 1.807) is 0 Å². The second-order valence-electron chi connectivity index (χ2n) is 5.35. The summed E-state index contributed by atoms with van der Waals surface area (Å²) < 4.78 is 16.6. The number of carboxylic acids is 1. The van der Waals surface area contributed by atoms with Crippen molar-refractivity contribution in [3.63, 3.8) is 0 Å². The Morgan fingerprint density at radius 2 is 2.04 bits per heavy atom. The molecule has 1 atom stereocenters. The molecule has 1 aromatic carbocycles. The zero-order chi connectivity index (χ0) is 17.1. The molecule has 1 N–H and O–H groups in total. The summed E-state index contributed by atoms with van der Waals surface area (Å²) in [5.74, 6) is -0.205. The number of carboxylic acid groups (broad SMARTS) is 1. The van der Waals surface area contributed by atoms with E-state index in [9.17, 15) is 9.59 Å². The smallest absolute Gasteiger partial charge is 0.338 e.